The van der Waals surface area contributed by atoms with Gasteiger partial charge < -0.3 is 15.0 Å². The first kappa shape index (κ1) is 11.5. The van der Waals surface area contributed by atoms with E-state index in [-0.39, 0.29) is 0 Å². The lowest BCUT2D eigenvalue weighted by Gasteiger charge is -2.09. The number of imidazole rings is 1. The predicted octanol–water partition coefficient (Wildman–Crippen LogP) is 2.08. The van der Waals surface area contributed by atoms with Crippen LogP contribution in [-0.2, 0) is 13.0 Å². The predicted molar refractivity (Wildman–Crippen MR) is 68.1 cm³/mol. The van der Waals surface area contributed by atoms with E-state index in [2.05, 4.69) is 16.5 Å². The van der Waals surface area contributed by atoms with Crippen LogP contribution in [0.1, 0.15) is 18.3 Å². The Morgan fingerprint density at radius 1 is 1.35 bits per heavy atom. The lowest BCUT2D eigenvalue weighted by molar-refractivity contribution is 0.414. The van der Waals surface area contributed by atoms with Crippen molar-refractivity contribution in [2.45, 2.75) is 19.9 Å². The molecule has 90 valence electrons. The second kappa shape index (κ2) is 4.91. The van der Waals surface area contributed by atoms with Gasteiger partial charge in [-0.1, -0.05) is 6.92 Å². The molecule has 0 unspecified atom stereocenters. The Labute approximate surface area is 101 Å². The van der Waals surface area contributed by atoms with Crippen LogP contribution in [0.4, 0.5) is 5.69 Å². The average Bonchev–Trinajstić information content (AvgIpc) is 2.75. The number of methoxy groups -OCH3 is 1. The van der Waals surface area contributed by atoms with E-state index < -0.39 is 0 Å². The molecule has 0 atom stereocenters. The first-order valence-corrected chi connectivity index (χ1v) is 5.66. The van der Waals surface area contributed by atoms with Crippen LogP contribution in [0.25, 0.3) is 0 Å². The van der Waals surface area contributed by atoms with Crippen LogP contribution < -0.4 is 10.5 Å². The van der Waals surface area contributed by atoms with E-state index in [4.69, 9.17) is 10.5 Å². The maximum Gasteiger partial charge on any atom is 0.121 e. The molecule has 17 heavy (non-hydrogen) atoms. The number of hydrogen-bond acceptors (Lipinski definition) is 3. The highest BCUT2D eigenvalue weighted by molar-refractivity contribution is 5.47. The summed E-state index contributed by atoms with van der Waals surface area (Å²) in [5.74, 6) is 1.87. The minimum absolute atomic E-state index is 0.720. The molecule has 1 aromatic carbocycles. The Kier molecular flexibility index (Phi) is 3.32. The van der Waals surface area contributed by atoms with Crippen molar-refractivity contribution >= 4 is 5.69 Å². The van der Waals surface area contributed by atoms with Crippen LogP contribution in [0.2, 0.25) is 0 Å². The van der Waals surface area contributed by atoms with Crippen molar-refractivity contribution in [1.29, 1.82) is 0 Å². The minimum atomic E-state index is 0.720. The van der Waals surface area contributed by atoms with Crippen molar-refractivity contribution in [1.82, 2.24) is 9.55 Å². The number of aromatic nitrogens is 2. The number of nitrogen functional groups attached to an aromatic ring is 1. The third-order valence-corrected chi connectivity index (χ3v) is 2.70. The fourth-order valence-corrected chi connectivity index (χ4v) is 1.89. The number of rotatable bonds is 4. The van der Waals surface area contributed by atoms with Crippen molar-refractivity contribution < 1.29 is 4.74 Å². The van der Waals surface area contributed by atoms with Crippen LogP contribution in [0.3, 0.4) is 0 Å². The summed E-state index contributed by atoms with van der Waals surface area (Å²) >= 11 is 0. The summed E-state index contributed by atoms with van der Waals surface area (Å²) < 4.78 is 7.33. The molecule has 0 aliphatic carbocycles. The molecular weight excluding hydrogens is 214 g/mol. The molecule has 2 aromatic rings. The van der Waals surface area contributed by atoms with Crippen molar-refractivity contribution in [3.05, 3.63) is 42.0 Å². The molecule has 4 nitrogen and oxygen atoms in total. The molecule has 0 amide bonds. The number of ether oxygens (including phenoxy) is 1. The second-order valence-electron chi connectivity index (χ2n) is 3.94. The number of nitrogens with two attached hydrogens (primary N) is 1. The van der Waals surface area contributed by atoms with Crippen LogP contribution in [0, 0.1) is 0 Å². The highest BCUT2D eigenvalue weighted by Crippen LogP contribution is 2.19. The van der Waals surface area contributed by atoms with Gasteiger partial charge in [0, 0.05) is 37.1 Å². The summed E-state index contributed by atoms with van der Waals surface area (Å²) in [6.45, 7) is 2.86. The van der Waals surface area contributed by atoms with E-state index in [9.17, 15) is 0 Å². The van der Waals surface area contributed by atoms with Gasteiger partial charge in [0.1, 0.15) is 11.6 Å². The lowest BCUT2D eigenvalue weighted by Crippen LogP contribution is -2.04. The van der Waals surface area contributed by atoms with Gasteiger partial charge in [-0.15, -0.1) is 0 Å². The zero-order valence-electron chi connectivity index (χ0n) is 10.2. The highest BCUT2D eigenvalue weighted by Gasteiger charge is 2.03. The average molecular weight is 231 g/mol. The van der Waals surface area contributed by atoms with Gasteiger partial charge in [0.25, 0.3) is 0 Å². The third kappa shape index (κ3) is 2.58. The molecule has 1 aromatic heterocycles. The van der Waals surface area contributed by atoms with Crippen LogP contribution in [0.15, 0.2) is 30.6 Å². The molecular formula is C13H17N3O. The molecule has 0 aliphatic heterocycles. The van der Waals surface area contributed by atoms with Gasteiger partial charge in [-0.2, -0.15) is 0 Å². The zero-order chi connectivity index (χ0) is 12.3. The topological polar surface area (TPSA) is 53.1 Å². The molecule has 0 aliphatic rings. The first-order chi connectivity index (χ1) is 8.22. The monoisotopic (exact) mass is 231 g/mol. The molecule has 0 spiro atoms. The SMILES string of the molecule is CCc1nccn1Cc1cc(N)cc(OC)c1. The van der Waals surface area contributed by atoms with Crippen LogP contribution in [-0.4, -0.2) is 16.7 Å². The van der Waals surface area contributed by atoms with Crippen molar-refractivity contribution in [3.63, 3.8) is 0 Å². The molecule has 0 fully saturated rings. The van der Waals surface area contributed by atoms with Gasteiger partial charge in [-0.3, -0.25) is 0 Å². The molecule has 2 rings (SSSR count). The highest BCUT2D eigenvalue weighted by atomic mass is 16.5. The fraction of sp³-hybridized carbons (Fsp3) is 0.308. The third-order valence-electron chi connectivity index (χ3n) is 2.70. The maximum absolute atomic E-state index is 5.83. The van der Waals surface area contributed by atoms with Crippen molar-refractivity contribution in [2.24, 2.45) is 0 Å². The van der Waals surface area contributed by atoms with Gasteiger partial charge >= 0.3 is 0 Å². The summed E-state index contributed by atoms with van der Waals surface area (Å²) in [6.07, 6.45) is 4.73. The standard InChI is InChI=1S/C13H17N3O/c1-3-13-15-4-5-16(13)9-10-6-11(14)8-12(7-10)17-2/h4-8H,3,9,14H2,1-2H3. The van der Waals surface area contributed by atoms with E-state index in [1.54, 1.807) is 7.11 Å². The lowest BCUT2D eigenvalue weighted by atomic mass is 10.2. The van der Waals surface area contributed by atoms with Crippen LogP contribution >= 0.6 is 0 Å². The Morgan fingerprint density at radius 3 is 2.88 bits per heavy atom. The smallest absolute Gasteiger partial charge is 0.121 e. The Hall–Kier alpha value is -1.97. The summed E-state index contributed by atoms with van der Waals surface area (Å²) in [5.41, 5.74) is 7.67. The van der Waals surface area contributed by atoms with Gasteiger partial charge in [0.15, 0.2) is 0 Å². The van der Waals surface area contributed by atoms with E-state index in [1.165, 1.54) is 0 Å². The Balaban J connectivity index is 2.26. The van der Waals surface area contributed by atoms with Crippen LogP contribution in [0.5, 0.6) is 5.75 Å². The largest absolute Gasteiger partial charge is 0.497 e. The Morgan fingerprint density at radius 2 is 2.18 bits per heavy atom. The first-order valence-electron chi connectivity index (χ1n) is 5.66. The van der Waals surface area contributed by atoms with Gasteiger partial charge in [0.2, 0.25) is 0 Å². The molecule has 4 heteroatoms. The molecule has 0 saturated carbocycles. The van der Waals surface area contributed by atoms with Gasteiger partial charge in [-0.25, -0.2) is 4.98 Å². The van der Waals surface area contributed by atoms with Crippen molar-refractivity contribution in [3.8, 4) is 5.75 Å². The summed E-state index contributed by atoms with van der Waals surface area (Å²) in [4.78, 5) is 4.30. The summed E-state index contributed by atoms with van der Waals surface area (Å²) in [5, 5.41) is 0. The molecule has 0 radical (unpaired) electrons. The number of aryl methyl sites for hydroxylation is 1. The normalized spacial score (nSPS) is 10.5. The van der Waals surface area contributed by atoms with E-state index in [0.29, 0.717) is 0 Å². The molecule has 2 N–H and O–H groups in total. The Bertz CT molecular complexity index is 505. The molecule has 1 heterocycles. The molecule has 0 saturated heterocycles. The number of benzene rings is 1. The minimum Gasteiger partial charge on any atom is -0.497 e. The zero-order valence-corrected chi connectivity index (χ0v) is 10.2. The van der Waals surface area contributed by atoms with E-state index >= 15 is 0 Å². The second-order valence-corrected chi connectivity index (χ2v) is 3.94. The summed E-state index contributed by atoms with van der Waals surface area (Å²) in [6, 6.07) is 5.77. The van der Waals surface area contributed by atoms with Gasteiger partial charge in [0.05, 0.1) is 7.11 Å². The maximum atomic E-state index is 5.83. The van der Waals surface area contributed by atoms with E-state index in [0.717, 1.165) is 35.8 Å². The summed E-state index contributed by atoms with van der Waals surface area (Å²) in [7, 11) is 1.65. The quantitative estimate of drug-likeness (QED) is 0.820. The van der Waals surface area contributed by atoms with Crippen molar-refractivity contribution in [2.75, 3.05) is 12.8 Å². The number of hydrogen-bond donors (Lipinski definition) is 1. The fourth-order valence-electron chi connectivity index (χ4n) is 1.89. The van der Waals surface area contributed by atoms with Gasteiger partial charge in [-0.05, 0) is 17.7 Å². The number of nitrogens with zero attached hydrogens (tertiary/aromatic N) is 2. The number of anilines is 1. The van der Waals surface area contributed by atoms with E-state index in [1.807, 2.05) is 30.6 Å². The molecule has 0 bridgehead atoms.